The van der Waals surface area contributed by atoms with E-state index in [1.54, 1.807) is 0 Å². The van der Waals surface area contributed by atoms with Gasteiger partial charge in [-0.1, -0.05) is 48.5 Å². The number of carbonyl (C=O) groups excluding carboxylic acids is 2. The second-order valence-corrected chi connectivity index (χ2v) is 10.2. The molecule has 0 aromatic heterocycles. The van der Waals surface area contributed by atoms with E-state index >= 15 is 0 Å². The number of likely N-dealkylation sites (tertiary alicyclic amines) is 1. The van der Waals surface area contributed by atoms with Gasteiger partial charge in [0.05, 0.1) is 5.92 Å². The average Bonchev–Trinajstić information content (AvgIpc) is 2.92. The topological polar surface area (TPSA) is 61.4 Å². The minimum Gasteiger partial charge on any atom is -0.385 e. The number of Topliss-reactive ketones (excluding diaryl/α,β-unsaturated/α-hetero) is 1. The normalized spacial score (nSPS) is 23.8. The maximum absolute atomic E-state index is 14.8. The standard InChI is InChI=1S/C31H34FN3O2/c1-3-33-28-19-22(32)18-27-25(28)14-15-29(36)31(27,2)35-17-16-24(21-10-6-4-7-11-21)26(20-35)30(37)34-23-12-8-5-9-13-23/h4-13,18-19,24,26,33H,3,14-17,20H2,1-2H3,(H,34,37)/t24-,26-,31+/m0/s1. The number of hydrogen-bond donors (Lipinski definition) is 2. The van der Waals surface area contributed by atoms with Gasteiger partial charge in [-0.25, -0.2) is 4.39 Å². The Balaban J connectivity index is 1.52. The van der Waals surface area contributed by atoms with Crippen molar-refractivity contribution in [3.05, 3.63) is 95.3 Å². The lowest BCUT2D eigenvalue weighted by molar-refractivity contribution is -0.136. The Morgan fingerprint density at radius 2 is 1.76 bits per heavy atom. The summed E-state index contributed by atoms with van der Waals surface area (Å²) in [4.78, 5) is 29.4. The Morgan fingerprint density at radius 1 is 1.05 bits per heavy atom. The maximum atomic E-state index is 14.8. The smallest absolute Gasteiger partial charge is 0.229 e. The first-order valence-electron chi connectivity index (χ1n) is 13.2. The van der Waals surface area contributed by atoms with Gasteiger partial charge in [-0.2, -0.15) is 0 Å². The number of piperidine rings is 1. The van der Waals surface area contributed by atoms with E-state index in [0.29, 0.717) is 32.5 Å². The lowest BCUT2D eigenvalue weighted by atomic mass is 9.72. The van der Waals surface area contributed by atoms with Crippen LogP contribution in [0.3, 0.4) is 0 Å². The average molecular weight is 500 g/mol. The highest BCUT2D eigenvalue weighted by Crippen LogP contribution is 2.45. The van der Waals surface area contributed by atoms with Crippen molar-refractivity contribution in [2.75, 3.05) is 30.3 Å². The number of carbonyl (C=O) groups is 2. The van der Waals surface area contributed by atoms with Crippen LogP contribution in [0.2, 0.25) is 0 Å². The highest BCUT2D eigenvalue weighted by atomic mass is 19.1. The summed E-state index contributed by atoms with van der Waals surface area (Å²) in [6.45, 7) is 5.62. The SMILES string of the molecule is CCNc1cc(F)cc2c1CCC(=O)[C@]2(C)N1CC[C@@H](c2ccccc2)[C@@H](C(=O)Nc2ccccc2)C1. The molecule has 3 atom stereocenters. The zero-order valence-electron chi connectivity index (χ0n) is 21.5. The molecule has 6 heteroatoms. The summed E-state index contributed by atoms with van der Waals surface area (Å²) in [6.07, 6.45) is 1.71. The molecule has 3 aromatic carbocycles. The van der Waals surface area contributed by atoms with Gasteiger partial charge in [0.15, 0.2) is 5.78 Å². The molecule has 1 aliphatic heterocycles. The number of halogens is 1. The van der Waals surface area contributed by atoms with Crippen molar-refractivity contribution in [2.24, 2.45) is 5.92 Å². The molecule has 0 saturated carbocycles. The summed E-state index contributed by atoms with van der Waals surface area (Å²) >= 11 is 0. The van der Waals surface area contributed by atoms with Crippen LogP contribution in [0, 0.1) is 11.7 Å². The van der Waals surface area contributed by atoms with Gasteiger partial charge in [0.1, 0.15) is 11.4 Å². The van der Waals surface area contributed by atoms with E-state index in [1.807, 2.05) is 62.4 Å². The minimum atomic E-state index is -0.993. The number of ketones is 1. The van der Waals surface area contributed by atoms with Gasteiger partial charge in [-0.15, -0.1) is 0 Å². The molecule has 192 valence electrons. The number of amides is 1. The molecule has 1 heterocycles. The largest absolute Gasteiger partial charge is 0.385 e. The predicted molar refractivity (Wildman–Crippen MR) is 145 cm³/mol. The predicted octanol–water partition coefficient (Wildman–Crippen LogP) is 5.73. The van der Waals surface area contributed by atoms with Gasteiger partial charge in [0, 0.05) is 37.4 Å². The molecule has 2 aliphatic rings. The summed E-state index contributed by atoms with van der Waals surface area (Å²) in [5.74, 6) is -0.688. The molecule has 2 N–H and O–H groups in total. The molecule has 1 saturated heterocycles. The summed E-state index contributed by atoms with van der Waals surface area (Å²) < 4.78 is 14.8. The Labute approximate surface area is 218 Å². The molecule has 0 spiro atoms. The summed E-state index contributed by atoms with van der Waals surface area (Å²) in [6, 6.07) is 22.6. The molecule has 0 bridgehead atoms. The van der Waals surface area contributed by atoms with E-state index in [-0.39, 0.29) is 29.3 Å². The Bertz CT molecular complexity index is 1280. The zero-order valence-corrected chi connectivity index (χ0v) is 21.5. The molecule has 0 unspecified atom stereocenters. The molecule has 37 heavy (non-hydrogen) atoms. The molecule has 1 amide bonds. The van der Waals surface area contributed by atoms with Crippen molar-refractivity contribution in [2.45, 2.75) is 44.6 Å². The number of nitrogens with one attached hydrogen (secondary N) is 2. The van der Waals surface area contributed by atoms with Crippen LogP contribution >= 0.6 is 0 Å². The van der Waals surface area contributed by atoms with Crippen LogP contribution in [0.15, 0.2) is 72.8 Å². The van der Waals surface area contributed by atoms with Gasteiger partial charge in [0.2, 0.25) is 5.91 Å². The van der Waals surface area contributed by atoms with Crippen molar-refractivity contribution in [3.8, 4) is 0 Å². The van der Waals surface area contributed by atoms with Gasteiger partial charge in [0.25, 0.3) is 0 Å². The first-order valence-corrected chi connectivity index (χ1v) is 13.2. The molecule has 1 fully saturated rings. The van der Waals surface area contributed by atoms with Crippen LogP contribution in [0.1, 0.15) is 49.3 Å². The monoisotopic (exact) mass is 499 g/mol. The van der Waals surface area contributed by atoms with Gasteiger partial charge >= 0.3 is 0 Å². The van der Waals surface area contributed by atoms with E-state index in [9.17, 15) is 14.0 Å². The summed E-state index contributed by atoms with van der Waals surface area (Å²) in [5, 5.41) is 6.37. The molecule has 0 radical (unpaired) electrons. The Kier molecular flexibility index (Phi) is 7.11. The fourth-order valence-electron chi connectivity index (χ4n) is 6.15. The van der Waals surface area contributed by atoms with E-state index in [0.717, 1.165) is 34.5 Å². The van der Waals surface area contributed by atoms with Gasteiger partial charge in [-0.3, -0.25) is 14.5 Å². The number of benzene rings is 3. The summed E-state index contributed by atoms with van der Waals surface area (Å²) in [5.41, 5.74) is 3.36. The third kappa shape index (κ3) is 4.78. The van der Waals surface area contributed by atoms with Crippen LogP contribution in [0.4, 0.5) is 15.8 Å². The first kappa shape index (κ1) is 25.2. The number of fused-ring (bicyclic) bond motifs is 1. The van der Waals surface area contributed by atoms with Crippen LogP contribution < -0.4 is 10.6 Å². The number of nitrogens with zero attached hydrogens (tertiary/aromatic N) is 1. The van der Waals surface area contributed by atoms with Crippen molar-refractivity contribution in [1.29, 1.82) is 0 Å². The maximum Gasteiger partial charge on any atom is 0.229 e. The van der Waals surface area contributed by atoms with Crippen LogP contribution in [0.25, 0.3) is 0 Å². The first-order chi connectivity index (χ1) is 17.9. The summed E-state index contributed by atoms with van der Waals surface area (Å²) in [7, 11) is 0. The highest BCUT2D eigenvalue weighted by Gasteiger charge is 2.49. The number of hydrogen-bond acceptors (Lipinski definition) is 4. The van der Waals surface area contributed by atoms with Crippen molar-refractivity contribution >= 4 is 23.1 Å². The molecule has 3 aromatic rings. The van der Waals surface area contributed by atoms with E-state index in [4.69, 9.17) is 0 Å². The van der Waals surface area contributed by atoms with E-state index in [1.165, 1.54) is 12.1 Å². The minimum absolute atomic E-state index is 0.0211. The highest BCUT2D eigenvalue weighted by molar-refractivity contribution is 5.94. The zero-order chi connectivity index (χ0) is 26.0. The van der Waals surface area contributed by atoms with Crippen molar-refractivity contribution < 1.29 is 14.0 Å². The lowest BCUT2D eigenvalue weighted by Crippen LogP contribution is -2.57. The van der Waals surface area contributed by atoms with Gasteiger partial charge < -0.3 is 10.6 Å². The fraction of sp³-hybridized carbons (Fsp3) is 0.355. The fourth-order valence-corrected chi connectivity index (χ4v) is 6.15. The van der Waals surface area contributed by atoms with Crippen molar-refractivity contribution in [1.82, 2.24) is 4.90 Å². The van der Waals surface area contributed by atoms with Crippen molar-refractivity contribution in [3.63, 3.8) is 0 Å². The molecule has 5 rings (SSSR count). The van der Waals surface area contributed by atoms with E-state index < -0.39 is 5.54 Å². The lowest BCUT2D eigenvalue weighted by Gasteiger charge is -2.49. The Hall–Kier alpha value is -3.51. The number of anilines is 2. The molecule has 1 aliphatic carbocycles. The van der Waals surface area contributed by atoms with Gasteiger partial charge in [-0.05, 0) is 73.6 Å². The van der Waals surface area contributed by atoms with Crippen LogP contribution in [-0.2, 0) is 21.5 Å². The quantitative estimate of drug-likeness (QED) is 0.455. The molecular weight excluding hydrogens is 465 g/mol. The number of rotatable bonds is 6. The van der Waals surface area contributed by atoms with Crippen LogP contribution in [-0.4, -0.2) is 36.2 Å². The number of para-hydroxylation sites is 1. The van der Waals surface area contributed by atoms with Crippen LogP contribution in [0.5, 0.6) is 0 Å². The molecular formula is C31H34FN3O2. The Morgan fingerprint density at radius 3 is 2.46 bits per heavy atom. The van der Waals surface area contributed by atoms with E-state index in [2.05, 4.69) is 27.7 Å². The second kappa shape index (κ2) is 10.5. The third-order valence-electron chi connectivity index (χ3n) is 8.10. The third-order valence-corrected chi connectivity index (χ3v) is 8.10. The molecule has 5 nitrogen and oxygen atoms in total. The second-order valence-electron chi connectivity index (χ2n) is 10.2.